The first-order valence-corrected chi connectivity index (χ1v) is 7.88. The summed E-state index contributed by atoms with van der Waals surface area (Å²) < 4.78 is 0. The van der Waals surface area contributed by atoms with Gasteiger partial charge >= 0.3 is 0 Å². The molecule has 2 aromatic rings. The van der Waals surface area contributed by atoms with Crippen LogP contribution >= 0.6 is 10.0 Å². The molecule has 0 aliphatic carbocycles. The van der Waals surface area contributed by atoms with Gasteiger partial charge in [-0.1, -0.05) is 0 Å². The highest BCUT2D eigenvalue weighted by Gasteiger charge is 2.14. The molecule has 16 heavy (non-hydrogen) atoms. The van der Waals surface area contributed by atoms with Crippen LogP contribution in [0.25, 0.3) is 10.8 Å². The lowest BCUT2D eigenvalue weighted by Gasteiger charge is -2.27. The molecule has 3 heteroatoms. The fraction of sp³-hybridized carbons (Fsp3) is 0.231. The Morgan fingerprint density at radius 2 is 1.56 bits per heavy atom. The van der Waals surface area contributed by atoms with E-state index in [1.54, 1.807) is 24.3 Å². The van der Waals surface area contributed by atoms with Gasteiger partial charge in [0, 0.05) is 10.8 Å². The Morgan fingerprint density at radius 1 is 0.875 bits per heavy atom. The van der Waals surface area contributed by atoms with Crippen molar-refractivity contribution in [2.24, 2.45) is 0 Å². The van der Waals surface area contributed by atoms with Crippen molar-refractivity contribution >= 4 is 20.8 Å². The summed E-state index contributed by atoms with van der Waals surface area (Å²) in [6, 6.07) is 8.76. The highest BCUT2D eigenvalue weighted by atomic mass is 32.3. The molecular formula is C13H16O2S. The lowest BCUT2D eigenvalue weighted by molar-refractivity contribution is 0.475. The van der Waals surface area contributed by atoms with Gasteiger partial charge in [0.1, 0.15) is 11.5 Å². The third-order valence-corrected chi connectivity index (χ3v) is 4.27. The summed E-state index contributed by atoms with van der Waals surface area (Å²) >= 11 is 0. The third kappa shape index (κ3) is 1.83. The van der Waals surface area contributed by atoms with Gasteiger partial charge in [0.05, 0.1) is 0 Å². The van der Waals surface area contributed by atoms with Gasteiger partial charge in [-0.05, 0) is 54.0 Å². The lowest BCUT2D eigenvalue weighted by atomic mass is 10.1. The predicted molar refractivity (Wildman–Crippen MR) is 70.9 cm³/mol. The van der Waals surface area contributed by atoms with Crippen LogP contribution in [0.15, 0.2) is 35.2 Å². The fourth-order valence-electron chi connectivity index (χ4n) is 1.83. The Kier molecular flexibility index (Phi) is 2.50. The molecule has 0 radical (unpaired) electrons. The molecule has 0 saturated heterocycles. The molecule has 86 valence electrons. The monoisotopic (exact) mass is 236 g/mol. The normalized spacial score (nSPS) is 12.9. The van der Waals surface area contributed by atoms with Crippen LogP contribution in [0.2, 0.25) is 0 Å². The summed E-state index contributed by atoms with van der Waals surface area (Å²) in [4.78, 5) is 1.20. The van der Waals surface area contributed by atoms with Crippen molar-refractivity contribution in [2.75, 3.05) is 18.8 Å². The van der Waals surface area contributed by atoms with Gasteiger partial charge < -0.3 is 10.2 Å². The Bertz CT molecular complexity index is 541. The van der Waals surface area contributed by atoms with Crippen molar-refractivity contribution in [2.45, 2.75) is 4.90 Å². The van der Waals surface area contributed by atoms with Gasteiger partial charge in [-0.3, -0.25) is 0 Å². The van der Waals surface area contributed by atoms with Crippen LogP contribution in [-0.4, -0.2) is 29.0 Å². The number of fused-ring (bicyclic) bond motifs is 1. The van der Waals surface area contributed by atoms with E-state index in [1.807, 2.05) is 6.07 Å². The molecule has 0 aliphatic rings. The Hall–Kier alpha value is -1.35. The number of benzene rings is 2. The number of hydrogen-bond donors (Lipinski definition) is 2. The summed E-state index contributed by atoms with van der Waals surface area (Å²) in [5.41, 5.74) is 0. The van der Waals surface area contributed by atoms with Gasteiger partial charge in [0.25, 0.3) is 0 Å². The number of aromatic hydroxyl groups is 2. The zero-order valence-electron chi connectivity index (χ0n) is 9.69. The predicted octanol–water partition coefficient (Wildman–Crippen LogP) is 3.30. The fourth-order valence-corrected chi connectivity index (χ4v) is 3.13. The highest BCUT2D eigenvalue weighted by Crippen LogP contribution is 2.50. The van der Waals surface area contributed by atoms with E-state index < -0.39 is 10.0 Å². The van der Waals surface area contributed by atoms with Gasteiger partial charge in [0.15, 0.2) is 0 Å². The maximum absolute atomic E-state index is 9.78. The molecule has 2 rings (SSSR count). The molecule has 0 heterocycles. The van der Waals surface area contributed by atoms with Crippen LogP contribution in [0.3, 0.4) is 0 Å². The molecule has 0 atom stereocenters. The van der Waals surface area contributed by atoms with Crippen molar-refractivity contribution in [3.8, 4) is 11.5 Å². The van der Waals surface area contributed by atoms with Crippen molar-refractivity contribution in [1.29, 1.82) is 0 Å². The first-order valence-electron chi connectivity index (χ1n) is 5.02. The molecule has 2 aromatic carbocycles. The number of rotatable bonds is 1. The molecule has 0 saturated carbocycles. The SMILES string of the molecule is CS(C)(C)c1ccc(O)c2ccc(O)cc12. The van der Waals surface area contributed by atoms with Crippen LogP contribution in [0, 0.1) is 0 Å². The maximum Gasteiger partial charge on any atom is 0.123 e. The molecule has 2 nitrogen and oxygen atoms in total. The Labute approximate surface area is 96.9 Å². The minimum Gasteiger partial charge on any atom is -0.508 e. The van der Waals surface area contributed by atoms with E-state index in [4.69, 9.17) is 0 Å². The van der Waals surface area contributed by atoms with Crippen molar-refractivity contribution in [1.82, 2.24) is 0 Å². The summed E-state index contributed by atoms with van der Waals surface area (Å²) in [6.45, 7) is 0. The van der Waals surface area contributed by atoms with E-state index in [0.717, 1.165) is 10.8 Å². The summed E-state index contributed by atoms with van der Waals surface area (Å²) in [7, 11) is -0.885. The zero-order valence-corrected chi connectivity index (χ0v) is 10.5. The topological polar surface area (TPSA) is 40.5 Å². The highest BCUT2D eigenvalue weighted by molar-refractivity contribution is 8.32. The van der Waals surface area contributed by atoms with Crippen LogP contribution in [-0.2, 0) is 0 Å². The lowest BCUT2D eigenvalue weighted by Crippen LogP contribution is -1.94. The Balaban J connectivity index is 2.86. The van der Waals surface area contributed by atoms with Crippen LogP contribution < -0.4 is 0 Å². The molecule has 0 spiro atoms. The van der Waals surface area contributed by atoms with Crippen molar-refractivity contribution in [3.05, 3.63) is 30.3 Å². The molecule has 0 amide bonds. The zero-order chi connectivity index (χ0) is 11.9. The molecule has 2 N–H and O–H groups in total. The average Bonchev–Trinajstić information content (AvgIpc) is 2.15. The van der Waals surface area contributed by atoms with Gasteiger partial charge in [0.2, 0.25) is 0 Å². The third-order valence-electron chi connectivity index (χ3n) is 2.60. The second-order valence-corrected chi connectivity index (χ2v) is 8.76. The van der Waals surface area contributed by atoms with Crippen LogP contribution in [0.4, 0.5) is 0 Å². The number of phenols is 2. The molecular weight excluding hydrogens is 220 g/mol. The molecule has 0 fully saturated rings. The van der Waals surface area contributed by atoms with Crippen LogP contribution in [0.1, 0.15) is 0 Å². The number of phenolic OH excluding ortho intramolecular Hbond substituents is 2. The second-order valence-electron chi connectivity index (χ2n) is 4.65. The second kappa shape index (κ2) is 3.59. The van der Waals surface area contributed by atoms with E-state index in [-0.39, 0.29) is 11.5 Å². The van der Waals surface area contributed by atoms with Gasteiger partial charge in [-0.2, -0.15) is 0 Å². The number of hydrogen-bond acceptors (Lipinski definition) is 2. The van der Waals surface area contributed by atoms with E-state index in [2.05, 4.69) is 18.8 Å². The summed E-state index contributed by atoms with van der Waals surface area (Å²) in [5.74, 6) is 0.505. The minimum absolute atomic E-state index is 0.239. The average molecular weight is 236 g/mol. The summed E-state index contributed by atoms with van der Waals surface area (Å²) in [6.07, 6.45) is 6.59. The molecule has 0 bridgehead atoms. The molecule has 0 unspecified atom stereocenters. The maximum atomic E-state index is 9.78. The quantitative estimate of drug-likeness (QED) is 0.797. The largest absolute Gasteiger partial charge is 0.508 e. The first-order chi connectivity index (χ1) is 7.39. The van der Waals surface area contributed by atoms with E-state index in [9.17, 15) is 10.2 Å². The minimum atomic E-state index is -0.885. The van der Waals surface area contributed by atoms with Crippen molar-refractivity contribution in [3.63, 3.8) is 0 Å². The first kappa shape index (κ1) is 11.1. The Morgan fingerprint density at radius 3 is 2.19 bits per heavy atom. The van der Waals surface area contributed by atoms with Gasteiger partial charge in [-0.15, -0.1) is 0 Å². The molecule has 0 aliphatic heterocycles. The van der Waals surface area contributed by atoms with Crippen LogP contribution in [0.5, 0.6) is 11.5 Å². The van der Waals surface area contributed by atoms with E-state index in [0.29, 0.717) is 0 Å². The standard InChI is InChI=1S/C13H16O2S/c1-16(2,3)13-7-6-12(15)10-5-4-9(14)8-11(10)13/h4-8,14-15H,1-3H3. The summed E-state index contributed by atoms with van der Waals surface area (Å²) in [5, 5.41) is 21.1. The van der Waals surface area contributed by atoms with E-state index >= 15 is 0 Å². The molecule has 0 aromatic heterocycles. The van der Waals surface area contributed by atoms with E-state index in [1.165, 1.54) is 4.90 Å². The van der Waals surface area contributed by atoms with Crippen molar-refractivity contribution < 1.29 is 10.2 Å². The smallest absolute Gasteiger partial charge is 0.123 e. The van der Waals surface area contributed by atoms with Gasteiger partial charge in [-0.25, -0.2) is 10.0 Å².